The number of rotatable bonds is 9. The Hall–Kier alpha value is -0.130. The summed E-state index contributed by atoms with van der Waals surface area (Å²) < 4.78 is 11.1. The smallest absolute Gasteiger partial charge is 0.117 e. The zero-order valence-corrected chi connectivity index (χ0v) is 29.0. The average Bonchev–Trinajstić information content (AvgIpc) is 2.72. The first-order valence-corrected chi connectivity index (χ1v) is 14.8. The highest BCUT2D eigenvalue weighted by molar-refractivity contribution is 7.40. The van der Waals surface area contributed by atoms with Crippen LogP contribution in [0.5, 0.6) is 0 Å². The third kappa shape index (κ3) is 15.0. The Morgan fingerprint density at radius 3 is 0.658 bits per heavy atom. The molecule has 0 aliphatic heterocycles. The van der Waals surface area contributed by atoms with Gasteiger partial charge in [0.25, 0.3) is 0 Å². The maximum atomic E-state index is 9.16. The van der Waals surface area contributed by atoms with Crippen molar-refractivity contribution < 1.29 is 48.0 Å². The van der Waals surface area contributed by atoms with Crippen LogP contribution >= 0.6 is 7.82 Å². The first-order valence-electron chi connectivity index (χ1n) is 13.3. The standard InChI is InChI=1S/3C9H22NO.H3O4P/c3*1-8(2)10(5,6)9(3,4)7-11;1-5(2,3)4/h3*8,11H,7H2,1-6H3;(H3,1,2,3,4)/q3*+1;/p-3. The lowest BCUT2D eigenvalue weighted by Gasteiger charge is -2.46. The Kier molecular flexibility index (Phi) is 19.3. The fourth-order valence-corrected chi connectivity index (χ4v) is 2.64. The van der Waals surface area contributed by atoms with E-state index in [2.05, 4.69) is 125 Å². The molecule has 38 heavy (non-hydrogen) atoms. The Balaban J connectivity index is -0.000000209. The molecule has 0 spiro atoms. The molecular weight excluding hydrogens is 509 g/mol. The number of nitrogens with zero attached hydrogens (tertiary/aromatic N) is 3. The van der Waals surface area contributed by atoms with E-state index in [9.17, 15) is 0 Å². The van der Waals surface area contributed by atoms with Gasteiger partial charge in [-0.05, 0) is 83.1 Å². The molecule has 3 N–H and O–H groups in total. The van der Waals surface area contributed by atoms with Gasteiger partial charge in [-0.25, -0.2) is 0 Å². The van der Waals surface area contributed by atoms with Gasteiger partial charge in [-0.2, -0.15) is 7.82 Å². The molecule has 0 saturated carbocycles. The number of hydrogen-bond acceptors (Lipinski definition) is 7. The molecular formula is C27H66N3O7P. The molecule has 0 rings (SSSR count). The van der Waals surface area contributed by atoms with Crippen molar-refractivity contribution in [1.82, 2.24) is 0 Å². The average molecular weight is 576 g/mol. The maximum Gasteiger partial charge on any atom is 0.117 e. The van der Waals surface area contributed by atoms with E-state index in [-0.39, 0.29) is 36.4 Å². The first-order chi connectivity index (χ1) is 16.3. The van der Waals surface area contributed by atoms with Crippen LogP contribution in [0.15, 0.2) is 0 Å². The lowest BCUT2D eigenvalue weighted by atomic mass is 9.99. The molecule has 236 valence electrons. The second kappa shape index (κ2) is 16.3. The lowest BCUT2D eigenvalue weighted by Crippen LogP contribution is -2.61. The molecule has 0 aliphatic rings. The summed E-state index contributed by atoms with van der Waals surface area (Å²) in [6.07, 6.45) is 0. The van der Waals surface area contributed by atoms with E-state index >= 15 is 0 Å². The Bertz CT molecular complexity index is 600. The largest absolute Gasteiger partial charge is 0.822 e. The quantitative estimate of drug-likeness (QED) is 0.273. The molecule has 11 heteroatoms. The van der Waals surface area contributed by atoms with E-state index in [1.165, 1.54) is 0 Å². The van der Waals surface area contributed by atoms with Gasteiger partial charge in [-0.15, -0.1) is 0 Å². The van der Waals surface area contributed by atoms with Crippen LogP contribution in [0.4, 0.5) is 0 Å². The Morgan fingerprint density at radius 2 is 0.632 bits per heavy atom. The predicted octanol–water partition coefficient (Wildman–Crippen LogP) is 0.902. The molecule has 0 fully saturated rings. The molecule has 0 atom stereocenters. The van der Waals surface area contributed by atoms with Gasteiger partial charge in [0.2, 0.25) is 0 Å². The zero-order chi connectivity index (χ0) is 32.4. The molecule has 0 radical (unpaired) electrons. The molecule has 0 aliphatic carbocycles. The van der Waals surface area contributed by atoms with E-state index in [1.54, 1.807) is 0 Å². The van der Waals surface area contributed by atoms with E-state index in [4.69, 9.17) is 34.6 Å². The van der Waals surface area contributed by atoms with Gasteiger partial charge in [-0.3, -0.25) is 0 Å². The summed E-state index contributed by atoms with van der Waals surface area (Å²) in [4.78, 5) is 25.6. The number of quaternary nitrogens is 3. The first kappa shape index (κ1) is 44.9. The van der Waals surface area contributed by atoms with E-state index in [0.717, 1.165) is 13.4 Å². The van der Waals surface area contributed by atoms with Crippen LogP contribution in [0.3, 0.4) is 0 Å². The second-order valence-electron chi connectivity index (χ2n) is 14.3. The molecule has 10 nitrogen and oxygen atoms in total. The molecule has 0 amide bonds. The van der Waals surface area contributed by atoms with Crippen LogP contribution in [-0.2, 0) is 4.57 Å². The molecule has 0 bridgehead atoms. The van der Waals surface area contributed by atoms with Crippen LogP contribution < -0.4 is 14.7 Å². The summed E-state index contributed by atoms with van der Waals surface area (Å²) in [6.45, 7) is 26.3. The van der Waals surface area contributed by atoms with Gasteiger partial charge in [0, 0.05) is 0 Å². The van der Waals surface area contributed by atoms with Crippen molar-refractivity contribution in [2.24, 2.45) is 0 Å². The minimum absolute atomic E-state index is 0.0475. The van der Waals surface area contributed by atoms with Gasteiger partial charge in [0.15, 0.2) is 0 Å². The van der Waals surface area contributed by atoms with Crippen molar-refractivity contribution in [3.63, 3.8) is 0 Å². The van der Waals surface area contributed by atoms with Gasteiger partial charge >= 0.3 is 0 Å². The fourth-order valence-electron chi connectivity index (χ4n) is 2.64. The van der Waals surface area contributed by atoms with Gasteiger partial charge in [0.1, 0.15) is 16.6 Å². The predicted molar refractivity (Wildman–Crippen MR) is 153 cm³/mol. The number of phosphoric acid groups is 1. The molecule has 0 unspecified atom stereocenters. The van der Waals surface area contributed by atoms with Crippen LogP contribution in [0.25, 0.3) is 0 Å². The van der Waals surface area contributed by atoms with Gasteiger partial charge < -0.3 is 48.0 Å². The van der Waals surface area contributed by atoms with Gasteiger partial charge in [0.05, 0.1) is 80.2 Å². The van der Waals surface area contributed by atoms with Gasteiger partial charge in [-0.1, -0.05) is 0 Å². The third-order valence-electron chi connectivity index (χ3n) is 9.71. The number of aliphatic hydroxyl groups excluding tert-OH is 3. The maximum absolute atomic E-state index is 9.16. The highest BCUT2D eigenvalue weighted by atomic mass is 31.2. The summed E-state index contributed by atoms with van der Waals surface area (Å²) in [5, 5.41) is 27.5. The Labute approximate surface area is 235 Å². The lowest BCUT2D eigenvalue weighted by molar-refractivity contribution is -0.957. The summed E-state index contributed by atoms with van der Waals surface area (Å²) in [7, 11) is 7.53. The molecule has 0 aromatic rings. The summed E-state index contributed by atoms with van der Waals surface area (Å²) in [5.74, 6) is 0. The topological polar surface area (TPSA) is 147 Å². The SMILES string of the molecule is CC(C)[N+](C)(C)C(C)(C)CO.CC(C)[N+](C)(C)C(C)(C)CO.CC(C)[N+](C)(C)C(C)(C)CO.O=P([O-])([O-])[O-]. The molecule has 0 aromatic heterocycles. The summed E-state index contributed by atoms with van der Waals surface area (Å²) in [5.41, 5.74) is -0.142. The third-order valence-corrected chi connectivity index (χ3v) is 9.71. The van der Waals surface area contributed by atoms with Crippen LogP contribution in [0.1, 0.15) is 83.1 Å². The van der Waals surface area contributed by atoms with Crippen molar-refractivity contribution in [3.8, 4) is 0 Å². The normalized spacial score (nSPS) is 13.9. The number of hydrogen-bond donors (Lipinski definition) is 3. The van der Waals surface area contributed by atoms with Crippen LogP contribution in [0.2, 0.25) is 0 Å². The van der Waals surface area contributed by atoms with Crippen molar-refractivity contribution in [1.29, 1.82) is 0 Å². The van der Waals surface area contributed by atoms with Crippen LogP contribution in [-0.4, -0.2) is 126 Å². The fraction of sp³-hybridized carbons (Fsp3) is 1.00. The summed E-state index contributed by atoms with van der Waals surface area (Å²) >= 11 is 0. The Morgan fingerprint density at radius 1 is 0.526 bits per heavy atom. The summed E-state index contributed by atoms with van der Waals surface area (Å²) in [6, 6.07) is 1.62. The minimum Gasteiger partial charge on any atom is -0.822 e. The highest BCUT2D eigenvalue weighted by Gasteiger charge is 2.39. The monoisotopic (exact) mass is 575 g/mol. The van der Waals surface area contributed by atoms with Crippen molar-refractivity contribution >= 4 is 7.82 Å². The molecule has 0 heterocycles. The highest BCUT2D eigenvalue weighted by Crippen LogP contribution is 2.24. The molecule has 0 saturated heterocycles. The van der Waals surface area contributed by atoms with E-state index in [1.807, 2.05) is 0 Å². The number of aliphatic hydroxyl groups is 3. The number of likely N-dealkylation sites (N-methyl/N-ethyl adjacent to an activating group) is 3. The zero-order valence-electron chi connectivity index (χ0n) is 28.1. The molecule has 0 aromatic carbocycles. The minimum atomic E-state index is -5.39. The van der Waals surface area contributed by atoms with Crippen LogP contribution in [0, 0.1) is 0 Å². The second-order valence-corrected chi connectivity index (χ2v) is 15.2. The van der Waals surface area contributed by atoms with Crippen molar-refractivity contribution in [3.05, 3.63) is 0 Å². The van der Waals surface area contributed by atoms with Crippen molar-refractivity contribution in [2.45, 2.75) is 118 Å². The van der Waals surface area contributed by atoms with E-state index < -0.39 is 7.82 Å². The van der Waals surface area contributed by atoms with Crippen molar-refractivity contribution in [2.75, 3.05) is 62.1 Å². The van der Waals surface area contributed by atoms with E-state index in [0.29, 0.717) is 18.1 Å².